The van der Waals surface area contributed by atoms with Gasteiger partial charge in [-0.15, -0.1) is 0 Å². The van der Waals surface area contributed by atoms with Gasteiger partial charge in [-0.1, -0.05) is 167 Å². The predicted octanol–water partition coefficient (Wildman–Crippen LogP) is 11.0. The first-order chi connectivity index (χ1) is 27.9. The SMILES string of the molecule is CCCCCCCC/C=C\CCCCCCCC(=O)OC(COCCCCCCCCCC/C=C\CCCCCCCCC)COC1OC(CO)C(O)C(O)C1O. The van der Waals surface area contributed by atoms with E-state index in [-0.39, 0.29) is 19.2 Å². The standard InChI is InChI=1S/C48H90O9/c1-3-5-7-9-11-13-15-17-19-20-21-22-24-26-28-30-32-34-36-38-54-40-42(41-55-48-47(53)46(52)45(51)43(39-49)57-48)56-44(50)37-35-33-31-29-27-25-23-18-16-14-12-10-8-6-4-2/h18-20,23,42-43,45-49,51-53H,3-17,21-22,24-41H2,1-2H3/b20-19-,23-18-. The van der Waals surface area contributed by atoms with Crippen molar-refractivity contribution in [1.82, 2.24) is 0 Å². The molecule has 1 fully saturated rings. The largest absolute Gasteiger partial charge is 0.457 e. The van der Waals surface area contributed by atoms with Crippen molar-refractivity contribution in [2.45, 2.75) is 250 Å². The van der Waals surface area contributed by atoms with E-state index < -0.39 is 43.4 Å². The number of carbonyl (C=O) groups is 1. The quantitative estimate of drug-likeness (QED) is 0.0270. The van der Waals surface area contributed by atoms with Crippen LogP contribution in [0.2, 0.25) is 0 Å². The molecule has 1 aliphatic heterocycles. The summed E-state index contributed by atoms with van der Waals surface area (Å²) in [6.45, 7) is 4.56. The van der Waals surface area contributed by atoms with Crippen molar-refractivity contribution in [3.63, 3.8) is 0 Å². The Balaban J connectivity index is 2.24. The molecule has 0 aromatic carbocycles. The number of carbonyl (C=O) groups excluding carboxylic acids is 1. The van der Waals surface area contributed by atoms with Gasteiger partial charge in [0.15, 0.2) is 6.29 Å². The Kier molecular flexibility index (Phi) is 37.8. The molecule has 9 heteroatoms. The van der Waals surface area contributed by atoms with Crippen LogP contribution in [0.3, 0.4) is 0 Å². The van der Waals surface area contributed by atoms with Crippen molar-refractivity contribution >= 4 is 5.97 Å². The Labute approximate surface area is 349 Å². The molecule has 0 aromatic rings. The highest BCUT2D eigenvalue weighted by atomic mass is 16.7. The van der Waals surface area contributed by atoms with Crippen LogP contribution in [0.4, 0.5) is 0 Å². The third kappa shape index (κ3) is 31.2. The molecule has 6 unspecified atom stereocenters. The van der Waals surface area contributed by atoms with E-state index in [1.165, 1.54) is 148 Å². The second-order valence-corrected chi connectivity index (χ2v) is 16.6. The number of hydrogen-bond acceptors (Lipinski definition) is 9. The number of hydrogen-bond donors (Lipinski definition) is 4. The summed E-state index contributed by atoms with van der Waals surface area (Å²) in [6, 6.07) is 0. The first kappa shape index (κ1) is 53.7. The summed E-state index contributed by atoms with van der Waals surface area (Å²) >= 11 is 0. The molecule has 0 aromatic heterocycles. The maximum Gasteiger partial charge on any atom is 0.306 e. The number of ether oxygens (including phenoxy) is 4. The first-order valence-electron chi connectivity index (χ1n) is 23.9. The van der Waals surface area contributed by atoms with Crippen molar-refractivity contribution in [3.8, 4) is 0 Å². The van der Waals surface area contributed by atoms with Gasteiger partial charge < -0.3 is 39.4 Å². The molecule has 9 nitrogen and oxygen atoms in total. The molecule has 57 heavy (non-hydrogen) atoms. The minimum Gasteiger partial charge on any atom is -0.457 e. The van der Waals surface area contributed by atoms with Gasteiger partial charge in [0.05, 0.1) is 19.8 Å². The van der Waals surface area contributed by atoms with Crippen molar-refractivity contribution in [2.75, 3.05) is 26.4 Å². The zero-order valence-corrected chi connectivity index (χ0v) is 36.9. The molecule has 0 saturated carbocycles. The van der Waals surface area contributed by atoms with Crippen LogP contribution in [-0.2, 0) is 23.7 Å². The Morgan fingerprint density at radius 2 is 0.965 bits per heavy atom. The average Bonchev–Trinajstić information content (AvgIpc) is 3.21. The molecule has 0 radical (unpaired) electrons. The Bertz CT molecular complexity index is 926. The molecule has 6 atom stereocenters. The monoisotopic (exact) mass is 811 g/mol. The van der Waals surface area contributed by atoms with Gasteiger partial charge in [0.25, 0.3) is 0 Å². The van der Waals surface area contributed by atoms with E-state index in [0.717, 1.165) is 44.9 Å². The lowest BCUT2D eigenvalue weighted by Gasteiger charge is -2.39. The highest BCUT2D eigenvalue weighted by Crippen LogP contribution is 2.23. The molecule has 4 N–H and O–H groups in total. The maximum atomic E-state index is 12.8. The van der Waals surface area contributed by atoms with E-state index in [2.05, 4.69) is 38.2 Å². The predicted molar refractivity (Wildman–Crippen MR) is 233 cm³/mol. The fourth-order valence-electron chi connectivity index (χ4n) is 7.31. The molecular weight excluding hydrogens is 721 g/mol. The number of aliphatic hydroxyl groups is 4. The summed E-state index contributed by atoms with van der Waals surface area (Å²) in [5.41, 5.74) is 0. The summed E-state index contributed by atoms with van der Waals surface area (Å²) in [7, 11) is 0. The maximum absolute atomic E-state index is 12.8. The van der Waals surface area contributed by atoms with Gasteiger partial charge in [-0.05, 0) is 64.2 Å². The summed E-state index contributed by atoms with van der Waals surface area (Å²) in [4.78, 5) is 12.8. The zero-order valence-electron chi connectivity index (χ0n) is 36.9. The number of unbranched alkanes of at least 4 members (excludes halogenated alkanes) is 26. The van der Waals surface area contributed by atoms with Gasteiger partial charge >= 0.3 is 5.97 Å². The molecular formula is C48H90O9. The van der Waals surface area contributed by atoms with Crippen molar-refractivity contribution < 1.29 is 44.2 Å². The second kappa shape index (κ2) is 40.1. The van der Waals surface area contributed by atoms with Gasteiger partial charge in [0.2, 0.25) is 0 Å². The number of aliphatic hydroxyl groups excluding tert-OH is 4. The summed E-state index contributed by atoms with van der Waals surface area (Å²) < 4.78 is 22.8. The Hall–Kier alpha value is -1.33. The van der Waals surface area contributed by atoms with E-state index in [0.29, 0.717) is 13.0 Å². The minimum absolute atomic E-state index is 0.115. The van der Waals surface area contributed by atoms with Gasteiger partial charge in [-0.2, -0.15) is 0 Å². The van der Waals surface area contributed by atoms with E-state index in [9.17, 15) is 25.2 Å². The van der Waals surface area contributed by atoms with Gasteiger partial charge in [-0.25, -0.2) is 0 Å². The fraction of sp³-hybridized carbons (Fsp3) is 0.896. The third-order valence-electron chi connectivity index (χ3n) is 11.1. The van der Waals surface area contributed by atoms with Crippen molar-refractivity contribution in [2.24, 2.45) is 0 Å². The van der Waals surface area contributed by atoms with Gasteiger partial charge in [0, 0.05) is 13.0 Å². The Morgan fingerprint density at radius 1 is 0.544 bits per heavy atom. The van der Waals surface area contributed by atoms with Crippen molar-refractivity contribution in [3.05, 3.63) is 24.3 Å². The molecule has 1 heterocycles. The molecule has 0 amide bonds. The summed E-state index contributed by atoms with van der Waals surface area (Å²) in [6.07, 6.45) is 39.2. The van der Waals surface area contributed by atoms with Crippen LogP contribution in [0, 0.1) is 0 Å². The highest BCUT2D eigenvalue weighted by Gasteiger charge is 2.44. The van der Waals surface area contributed by atoms with Crippen LogP contribution < -0.4 is 0 Å². The van der Waals surface area contributed by atoms with Gasteiger partial charge in [-0.3, -0.25) is 4.79 Å². The zero-order chi connectivity index (χ0) is 41.4. The number of allylic oxidation sites excluding steroid dienone is 4. The Morgan fingerprint density at radius 3 is 1.42 bits per heavy atom. The number of rotatable bonds is 41. The smallest absolute Gasteiger partial charge is 0.306 e. The fourth-order valence-corrected chi connectivity index (χ4v) is 7.31. The number of esters is 1. The summed E-state index contributed by atoms with van der Waals surface area (Å²) in [5, 5.41) is 40.1. The van der Waals surface area contributed by atoms with Gasteiger partial charge in [0.1, 0.15) is 30.5 Å². The minimum atomic E-state index is -1.54. The molecule has 1 rings (SSSR count). The van der Waals surface area contributed by atoms with Crippen LogP contribution in [0.15, 0.2) is 24.3 Å². The van der Waals surface area contributed by atoms with Crippen LogP contribution in [0.5, 0.6) is 0 Å². The second-order valence-electron chi connectivity index (χ2n) is 16.6. The summed E-state index contributed by atoms with van der Waals surface area (Å²) in [5.74, 6) is -0.321. The van der Waals surface area contributed by atoms with Crippen LogP contribution >= 0.6 is 0 Å². The van der Waals surface area contributed by atoms with E-state index in [4.69, 9.17) is 18.9 Å². The van der Waals surface area contributed by atoms with E-state index in [1.807, 2.05) is 0 Å². The highest BCUT2D eigenvalue weighted by molar-refractivity contribution is 5.69. The van der Waals surface area contributed by atoms with Crippen LogP contribution in [-0.4, -0.2) is 89.6 Å². The lowest BCUT2D eigenvalue weighted by molar-refractivity contribution is -0.305. The molecule has 0 spiro atoms. The van der Waals surface area contributed by atoms with E-state index >= 15 is 0 Å². The lowest BCUT2D eigenvalue weighted by Crippen LogP contribution is -2.59. The topological polar surface area (TPSA) is 135 Å². The van der Waals surface area contributed by atoms with E-state index in [1.54, 1.807) is 0 Å². The van der Waals surface area contributed by atoms with Crippen molar-refractivity contribution in [1.29, 1.82) is 0 Å². The van der Waals surface area contributed by atoms with Crippen LogP contribution in [0.25, 0.3) is 0 Å². The average molecular weight is 811 g/mol. The molecule has 1 saturated heterocycles. The van der Waals surface area contributed by atoms with Crippen LogP contribution in [0.1, 0.15) is 213 Å². The lowest BCUT2D eigenvalue weighted by atomic mass is 9.99. The third-order valence-corrected chi connectivity index (χ3v) is 11.1. The first-order valence-corrected chi connectivity index (χ1v) is 23.9. The normalized spacial score (nSPS) is 20.6. The molecule has 0 bridgehead atoms. The molecule has 336 valence electrons. The molecule has 1 aliphatic rings. The molecule has 0 aliphatic carbocycles.